The molecule has 140 valence electrons. The van der Waals surface area contributed by atoms with Crippen LogP contribution in [0, 0.1) is 6.92 Å². The van der Waals surface area contributed by atoms with Crippen LogP contribution in [-0.4, -0.2) is 32.8 Å². The third-order valence-electron chi connectivity index (χ3n) is 4.06. The van der Waals surface area contributed by atoms with E-state index in [0.29, 0.717) is 13.2 Å². The maximum absolute atomic E-state index is 5.73. The number of anilines is 1. The van der Waals surface area contributed by atoms with Crippen molar-refractivity contribution in [1.29, 1.82) is 0 Å². The number of benzene rings is 2. The summed E-state index contributed by atoms with van der Waals surface area (Å²) in [7, 11) is 1.77. The highest BCUT2D eigenvalue weighted by Crippen LogP contribution is 2.32. The highest BCUT2D eigenvalue weighted by atomic mass is 127. The summed E-state index contributed by atoms with van der Waals surface area (Å²) in [5, 5.41) is 6.64. The first-order valence-electron chi connectivity index (χ1n) is 8.67. The van der Waals surface area contributed by atoms with E-state index in [9.17, 15) is 0 Å². The minimum absolute atomic E-state index is 0. The zero-order valence-corrected chi connectivity index (χ0v) is 17.6. The molecule has 26 heavy (non-hydrogen) atoms. The molecule has 0 aromatic heterocycles. The fourth-order valence-electron chi connectivity index (χ4n) is 2.64. The molecule has 0 unspecified atom stereocenters. The Kier molecular flexibility index (Phi) is 8.03. The standard InChI is InChI=1S/C20H25N3O2.HI/c1-15-4-6-16(7-5-15)10-11-22-20(21-2)23-17-8-9-18-19(14-17)25-13-3-12-24-18;/h4-9,14H,3,10-13H2,1-2H3,(H2,21,22,23);1H. The van der Waals surface area contributed by atoms with Crippen molar-refractivity contribution in [3.63, 3.8) is 0 Å². The van der Waals surface area contributed by atoms with Crippen LogP contribution in [0.2, 0.25) is 0 Å². The van der Waals surface area contributed by atoms with Crippen LogP contribution in [0.15, 0.2) is 47.5 Å². The van der Waals surface area contributed by atoms with Gasteiger partial charge in [-0.1, -0.05) is 29.8 Å². The first kappa shape index (κ1) is 20.4. The molecule has 1 heterocycles. The van der Waals surface area contributed by atoms with E-state index in [2.05, 4.69) is 46.8 Å². The summed E-state index contributed by atoms with van der Waals surface area (Å²) >= 11 is 0. The minimum atomic E-state index is 0. The van der Waals surface area contributed by atoms with Gasteiger partial charge in [0.05, 0.1) is 13.2 Å². The van der Waals surface area contributed by atoms with Crippen LogP contribution in [0.4, 0.5) is 5.69 Å². The summed E-state index contributed by atoms with van der Waals surface area (Å²) in [4.78, 5) is 4.28. The lowest BCUT2D eigenvalue weighted by Gasteiger charge is -2.14. The quantitative estimate of drug-likeness (QED) is 0.406. The predicted molar refractivity (Wildman–Crippen MR) is 117 cm³/mol. The van der Waals surface area contributed by atoms with Gasteiger partial charge in [0.25, 0.3) is 0 Å². The second-order valence-corrected chi connectivity index (χ2v) is 6.07. The highest BCUT2D eigenvalue weighted by Gasteiger charge is 2.11. The molecule has 0 fully saturated rings. The number of guanidine groups is 1. The Morgan fingerprint density at radius 2 is 1.77 bits per heavy atom. The van der Waals surface area contributed by atoms with Crippen LogP contribution in [0.3, 0.4) is 0 Å². The van der Waals surface area contributed by atoms with E-state index in [1.165, 1.54) is 11.1 Å². The van der Waals surface area contributed by atoms with Crippen LogP contribution in [0.5, 0.6) is 11.5 Å². The Labute approximate surface area is 172 Å². The van der Waals surface area contributed by atoms with E-state index in [1.807, 2.05) is 18.2 Å². The molecule has 0 radical (unpaired) electrons. The van der Waals surface area contributed by atoms with Crippen LogP contribution >= 0.6 is 24.0 Å². The van der Waals surface area contributed by atoms with Gasteiger partial charge in [0, 0.05) is 31.8 Å². The molecule has 2 N–H and O–H groups in total. The molecule has 2 aromatic rings. The van der Waals surface area contributed by atoms with Crippen molar-refractivity contribution < 1.29 is 9.47 Å². The monoisotopic (exact) mass is 467 g/mol. The van der Waals surface area contributed by atoms with Gasteiger partial charge in [-0.2, -0.15) is 0 Å². The number of hydrogen-bond acceptors (Lipinski definition) is 3. The lowest BCUT2D eigenvalue weighted by atomic mass is 10.1. The van der Waals surface area contributed by atoms with E-state index in [1.54, 1.807) is 7.05 Å². The molecule has 1 aliphatic rings. The molecule has 0 atom stereocenters. The van der Waals surface area contributed by atoms with Crippen molar-refractivity contribution in [2.45, 2.75) is 19.8 Å². The molecular weight excluding hydrogens is 441 g/mol. The van der Waals surface area contributed by atoms with Crippen molar-refractivity contribution in [2.75, 3.05) is 32.1 Å². The van der Waals surface area contributed by atoms with Crippen LogP contribution in [-0.2, 0) is 6.42 Å². The number of nitrogens with one attached hydrogen (secondary N) is 2. The van der Waals surface area contributed by atoms with E-state index < -0.39 is 0 Å². The first-order chi connectivity index (χ1) is 12.2. The zero-order valence-electron chi connectivity index (χ0n) is 15.2. The lowest BCUT2D eigenvalue weighted by molar-refractivity contribution is 0.297. The first-order valence-corrected chi connectivity index (χ1v) is 8.67. The van der Waals surface area contributed by atoms with Gasteiger partial charge in [-0.25, -0.2) is 0 Å². The van der Waals surface area contributed by atoms with Crippen LogP contribution in [0.1, 0.15) is 17.5 Å². The maximum Gasteiger partial charge on any atom is 0.195 e. The van der Waals surface area contributed by atoms with Gasteiger partial charge in [0.15, 0.2) is 17.5 Å². The molecular formula is C20H26IN3O2. The Morgan fingerprint density at radius 1 is 1.04 bits per heavy atom. The van der Waals surface area contributed by atoms with Gasteiger partial charge in [-0.15, -0.1) is 24.0 Å². The van der Waals surface area contributed by atoms with E-state index in [0.717, 1.165) is 42.5 Å². The number of nitrogens with zero attached hydrogens (tertiary/aromatic N) is 1. The zero-order chi connectivity index (χ0) is 17.5. The highest BCUT2D eigenvalue weighted by molar-refractivity contribution is 14.0. The minimum Gasteiger partial charge on any atom is -0.490 e. The van der Waals surface area contributed by atoms with Crippen molar-refractivity contribution in [3.8, 4) is 11.5 Å². The molecule has 1 aliphatic heterocycles. The Morgan fingerprint density at radius 3 is 2.50 bits per heavy atom. The fraction of sp³-hybridized carbons (Fsp3) is 0.350. The maximum atomic E-state index is 5.73. The lowest BCUT2D eigenvalue weighted by Crippen LogP contribution is -2.32. The molecule has 0 saturated carbocycles. The number of halogens is 1. The van der Waals surface area contributed by atoms with Crippen molar-refractivity contribution >= 4 is 35.6 Å². The third-order valence-corrected chi connectivity index (χ3v) is 4.06. The summed E-state index contributed by atoms with van der Waals surface area (Å²) in [6.45, 7) is 4.29. The van der Waals surface area contributed by atoms with Gasteiger partial charge in [-0.05, 0) is 31.0 Å². The summed E-state index contributed by atoms with van der Waals surface area (Å²) in [5.41, 5.74) is 3.51. The van der Waals surface area contributed by atoms with Crippen LogP contribution < -0.4 is 20.1 Å². The topological polar surface area (TPSA) is 54.9 Å². The molecule has 0 aliphatic carbocycles. The summed E-state index contributed by atoms with van der Waals surface area (Å²) < 4.78 is 11.4. The average Bonchev–Trinajstić information content (AvgIpc) is 2.87. The molecule has 0 bridgehead atoms. The third kappa shape index (κ3) is 5.79. The SMILES string of the molecule is CN=C(NCCc1ccc(C)cc1)Nc1ccc2c(c1)OCCCO2.I. The summed E-state index contributed by atoms with van der Waals surface area (Å²) in [5.74, 6) is 2.31. The molecule has 3 rings (SSSR count). The van der Waals surface area contributed by atoms with Crippen molar-refractivity contribution in [1.82, 2.24) is 5.32 Å². The van der Waals surface area contributed by atoms with E-state index in [4.69, 9.17) is 9.47 Å². The fourth-order valence-corrected chi connectivity index (χ4v) is 2.64. The number of ether oxygens (including phenoxy) is 2. The number of aryl methyl sites for hydroxylation is 1. The van der Waals surface area contributed by atoms with Gasteiger partial charge in [0.1, 0.15) is 0 Å². The molecule has 0 amide bonds. The normalized spacial score (nSPS) is 13.4. The molecule has 0 spiro atoms. The van der Waals surface area contributed by atoms with E-state index >= 15 is 0 Å². The second kappa shape index (κ2) is 10.3. The molecule has 2 aromatic carbocycles. The number of rotatable bonds is 4. The van der Waals surface area contributed by atoms with Gasteiger partial charge < -0.3 is 20.1 Å². The van der Waals surface area contributed by atoms with E-state index in [-0.39, 0.29) is 24.0 Å². The summed E-state index contributed by atoms with van der Waals surface area (Å²) in [6.07, 6.45) is 1.85. The van der Waals surface area contributed by atoms with Crippen molar-refractivity contribution in [2.24, 2.45) is 4.99 Å². The Bertz CT molecular complexity index is 732. The number of aliphatic imine (C=N–C) groups is 1. The molecule has 5 nitrogen and oxygen atoms in total. The Balaban J connectivity index is 0.00000243. The van der Waals surface area contributed by atoms with Gasteiger partial charge in [-0.3, -0.25) is 4.99 Å². The van der Waals surface area contributed by atoms with Crippen LogP contribution in [0.25, 0.3) is 0 Å². The number of fused-ring (bicyclic) bond motifs is 1. The average molecular weight is 467 g/mol. The van der Waals surface area contributed by atoms with Gasteiger partial charge >= 0.3 is 0 Å². The molecule has 6 heteroatoms. The second-order valence-electron chi connectivity index (χ2n) is 6.07. The van der Waals surface area contributed by atoms with Crippen molar-refractivity contribution in [3.05, 3.63) is 53.6 Å². The summed E-state index contributed by atoms with van der Waals surface area (Å²) in [6, 6.07) is 14.5. The molecule has 0 saturated heterocycles. The smallest absolute Gasteiger partial charge is 0.195 e. The van der Waals surface area contributed by atoms with Gasteiger partial charge in [0.2, 0.25) is 0 Å². The number of hydrogen-bond donors (Lipinski definition) is 2. The predicted octanol–water partition coefficient (Wildman–Crippen LogP) is 4.00. The Hall–Kier alpha value is -1.96. The largest absolute Gasteiger partial charge is 0.490 e.